The molecular formula is C29H29N3O9. The predicted octanol–water partition coefficient (Wildman–Crippen LogP) is -0.358. The second-order valence-corrected chi connectivity index (χ2v) is 11.1. The van der Waals surface area contributed by atoms with Gasteiger partial charge in [-0.3, -0.25) is 33.7 Å². The van der Waals surface area contributed by atoms with Crippen LogP contribution in [0.1, 0.15) is 32.7 Å². The van der Waals surface area contributed by atoms with Gasteiger partial charge in [-0.1, -0.05) is 6.07 Å². The van der Waals surface area contributed by atoms with Gasteiger partial charge in [-0.2, -0.15) is 0 Å². The summed E-state index contributed by atoms with van der Waals surface area (Å²) in [5.41, 5.74) is 9.28. The highest BCUT2D eigenvalue weighted by Crippen LogP contribution is 2.52. The summed E-state index contributed by atoms with van der Waals surface area (Å²) in [6.07, 6.45) is -0.0308. The standard InChI is InChI=1S/C29H29N3O9/c1-32(2)22-16-10-12-9-15-13(14-8-11(27(30)38)4-7-18(14)41-3)5-6-17(33)20(15)23(34)19(12)25(36)29(16,40)26(37)21(24(22)35)28(31)39/h4-8,12,16,19,21-22,33,40H,9-10H2,1-3H3,(H2,30,38)(H2,31,39)/t12-,16-,19?,21?,22-,29-/m1/s1. The first-order valence-electron chi connectivity index (χ1n) is 12.9. The average Bonchev–Trinajstić information content (AvgIpc) is 2.90. The van der Waals surface area contributed by atoms with E-state index in [0.29, 0.717) is 22.4 Å². The van der Waals surface area contributed by atoms with Crippen molar-refractivity contribution < 1.29 is 43.7 Å². The summed E-state index contributed by atoms with van der Waals surface area (Å²) in [5.74, 6) is -11.7. The van der Waals surface area contributed by atoms with Crippen LogP contribution in [0.5, 0.6) is 11.5 Å². The number of hydrogen-bond donors (Lipinski definition) is 4. The third kappa shape index (κ3) is 3.89. The van der Waals surface area contributed by atoms with Gasteiger partial charge in [-0.05, 0) is 68.2 Å². The monoisotopic (exact) mass is 563 g/mol. The second-order valence-electron chi connectivity index (χ2n) is 11.1. The maximum absolute atomic E-state index is 13.9. The van der Waals surface area contributed by atoms with Crippen LogP contribution in [0.25, 0.3) is 11.1 Å². The van der Waals surface area contributed by atoms with Crippen molar-refractivity contribution in [2.24, 2.45) is 35.1 Å². The highest BCUT2D eigenvalue weighted by molar-refractivity contribution is 6.32. The molecule has 41 heavy (non-hydrogen) atoms. The van der Waals surface area contributed by atoms with Gasteiger partial charge in [0.2, 0.25) is 11.8 Å². The Balaban J connectivity index is 1.68. The van der Waals surface area contributed by atoms with Crippen LogP contribution >= 0.6 is 0 Å². The van der Waals surface area contributed by atoms with Gasteiger partial charge in [0.05, 0.1) is 24.6 Å². The number of primary amides is 2. The van der Waals surface area contributed by atoms with Crippen molar-refractivity contribution in [2.75, 3.05) is 21.2 Å². The number of aromatic hydroxyl groups is 1. The maximum Gasteiger partial charge on any atom is 0.248 e. The van der Waals surface area contributed by atoms with E-state index in [2.05, 4.69) is 0 Å². The average molecular weight is 564 g/mol. The Morgan fingerprint density at radius 2 is 1.71 bits per heavy atom. The third-order valence-electron chi connectivity index (χ3n) is 8.72. The van der Waals surface area contributed by atoms with Gasteiger partial charge in [0.15, 0.2) is 34.7 Å². The number of carbonyl (C=O) groups excluding carboxylic acids is 6. The molecule has 12 heteroatoms. The summed E-state index contributed by atoms with van der Waals surface area (Å²) >= 11 is 0. The number of likely N-dealkylation sites (N-methyl/N-ethyl adjacent to an activating group) is 1. The Bertz CT molecular complexity index is 1560. The molecule has 0 aromatic heterocycles. The number of amides is 2. The third-order valence-corrected chi connectivity index (χ3v) is 8.72. The molecule has 6 N–H and O–H groups in total. The fourth-order valence-electron chi connectivity index (χ4n) is 6.93. The lowest BCUT2D eigenvalue weighted by Crippen LogP contribution is -2.74. The van der Waals surface area contributed by atoms with Crippen molar-refractivity contribution in [3.05, 3.63) is 47.0 Å². The molecule has 12 nitrogen and oxygen atoms in total. The molecule has 0 heterocycles. The fourth-order valence-corrected chi connectivity index (χ4v) is 6.93. The first kappa shape index (κ1) is 28.1. The van der Waals surface area contributed by atoms with Crippen LogP contribution in [0.2, 0.25) is 0 Å². The van der Waals surface area contributed by atoms with E-state index in [0.717, 1.165) is 0 Å². The molecule has 3 aliphatic rings. The molecule has 0 saturated heterocycles. The van der Waals surface area contributed by atoms with Crippen molar-refractivity contribution >= 4 is 34.9 Å². The zero-order valence-electron chi connectivity index (χ0n) is 22.5. The minimum Gasteiger partial charge on any atom is -0.507 e. The summed E-state index contributed by atoms with van der Waals surface area (Å²) in [7, 11) is 4.46. The van der Waals surface area contributed by atoms with E-state index in [9.17, 15) is 39.0 Å². The number of methoxy groups -OCH3 is 1. The number of aliphatic hydroxyl groups is 1. The minimum absolute atomic E-state index is 0.0551. The topological polar surface area (TPSA) is 207 Å². The zero-order valence-corrected chi connectivity index (χ0v) is 22.5. The number of rotatable bonds is 5. The first-order chi connectivity index (χ1) is 19.2. The van der Waals surface area contributed by atoms with Crippen molar-refractivity contribution in [3.8, 4) is 22.6 Å². The van der Waals surface area contributed by atoms with Crippen molar-refractivity contribution in [1.29, 1.82) is 0 Å². The van der Waals surface area contributed by atoms with E-state index in [1.807, 2.05) is 0 Å². The molecule has 5 rings (SSSR count). The van der Waals surface area contributed by atoms with Gasteiger partial charge in [-0.25, -0.2) is 0 Å². The quantitative estimate of drug-likeness (QED) is 0.347. The van der Waals surface area contributed by atoms with Crippen LogP contribution in [-0.2, 0) is 25.6 Å². The number of hydrogen-bond acceptors (Lipinski definition) is 10. The molecule has 0 spiro atoms. The van der Waals surface area contributed by atoms with Crippen LogP contribution in [0.3, 0.4) is 0 Å². The van der Waals surface area contributed by atoms with E-state index < -0.39 is 76.0 Å². The van der Waals surface area contributed by atoms with E-state index in [4.69, 9.17) is 16.2 Å². The lowest BCUT2D eigenvalue weighted by atomic mass is 9.52. The number of benzene rings is 2. The van der Waals surface area contributed by atoms with Crippen molar-refractivity contribution in [3.63, 3.8) is 0 Å². The highest BCUT2D eigenvalue weighted by atomic mass is 16.5. The van der Waals surface area contributed by atoms with Crippen molar-refractivity contribution in [1.82, 2.24) is 4.90 Å². The lowest BCUT2D eigenvalue weighted by Gasteiger charge is -2.52. The van der Waals surface area contributed by atoms with E-state index in [-0.39, 0.29) is 24.0 Å². The molecule has 2 unspecified atom stereocenters. The molecule has 2 aromatic rings. The summed E-state index contributed by atoms with van der Waals surface area (Å²) in [6, 6.07) is 6.15. The summed E-state index contributed by atoms with van der Waals surface area (Å²) in [4.78, 5) is 80.0. The van der Waals surface area contributed by atoms with Crippen LogP contribution in [0.15, 0.2) is 30.3 Å². The Morgan fingerprint density at radius 3 is 2.29 bits per heavy atom. The Hall–Kier alpha value is -4.42. The Morgan fingerprint density at radius 1 is 1.02 bits per heavy atom. The Kier molecular flexibility index (Phi) is 6.58. The summed E-state index contributed by atoms with van der Waals surface area (Å²) < 4.78 is 5.48. The molecule has 2 fully saturated rings. The molecular weight excluding hydrogens is 534 g/mol. The molecule has 0 aliphatic heterocycles. The maximum atomic E-state index is 13.9. The molecule has 2 aromatic carbocycles. The van der Waals surface area contributed by atoms with Crippen LogP contribution in [0, 0.1) is 23.7 Å². The minimum atomic E-state index is -2.80. The lowest BCUT2D eigenvalue weighted by molar-refractivity contribution is -0.181. The molecule has 2 saturated carbocycles. The van der Waals surface area contributed by atoms with E-state index >= 15 is 0 Å². The molecule has 214 valence electrons. The molecule has 6 atom stereocenters. The van der Waals surface area contributed by atoms with Crippen LogP contribution < -0.4 is 16.2 Å². The normalized spacial score (nSPS) is 29.0. The SMILES string of the molecule is COc1ccc(C(N)=O)cc1-c1ccc(O)c2c1C[C@@H]1C[C@@H]3[C@@H](N(C)C)C(=O)C(C(N)=O)C(=O)[C@]3(O)C(=O)C1C2=O. The number of ketones is 4. The van der Waals surface area contributed by atoms with E-state index in [1.54, 1.807) is 12.1 Å². The second kappa shape index (κ2) is 9.60. The van der Waals surface area contributed by atoms with Gasteiger partial charge in [0.1, 0.15) is 11.5 Å². The van der Waals surface area contributed by atoms with Crippen molar-refractivity contribution in [2.45, 2.75) is 24.5 Å². The van der Waals surface area contributed by atoms with Gasteiger partial charge in [0, 0.05) is 17.0 Å². The van der Waals surface area contributed by atoms with Crippen LogP contribution in [-0.4, -0.2) is 82.9 Å². The molecule has 0 radical (unpaired) electrons. The Labute approximate surface area is 234 Å². The number of nitrogens with two attached hydrogens (primary N) is 2. The molecule has 3 aliphatic carbocycles. The largest absolute Gasteiger partial charge is 0.507 e. The number of fused-ring (bicyclic) bond motifs is 3. The number of carbonyl (C=O) groups is 6. The summed E-state index contributed by atoms with van der Waals surface area (Å²) in [5, 5.41) is 22.5. The predicted molar refractivity (Wildman–Crippen MR) is 142 cm³/mol. The smallest absolute Gasteiger partial charge is 0.248 e. The van der Waals surface area contributed by atoms with Gasteiger partial charge in [-0.15, -0.1) is 0 Å². The number of phenols is 1. The number of phenolic OH excluding ortho intramolecular Hbond substituents is 1. The highest BCUT2D eigenvalue weighted by Gasteiger charge is 2.69. The number of Topliss-reactive ketones (excluding diaryl/α,β-unsaturated/α-hetero) is 4. The van der Waals surface area contributed by atoms with Gasteiger partial charge >= 0.3 is 0 Å². The fraction of sp³-hybridized carbons (Fsp3) is 0.379. The molecule has 0 bridgehead atoms. The van der Waals surface area contributed by atoms with Gasteiger partial charge in [0.25, 0.3) is 0 Å². The van der Waals surface area contributed by atoms with Gasteiger partial charge < -0.3 is 26.4 Å². The first-order valence-corrected chi connectivity index (χ1v) is 12.9. The molecule has 2 amide bonds. The number of nitrogens with zero attached hydrogens (tertiary/aromatic N) is 1. The van der Waals surface area contributed by atoms with Crippen LogP contribution in [0.4, 0.5) is 0 Å². The van der Waals surface area contributed by atoms with E-state index in [1.165, 1.54) is 44.3 Å². The number of ether oxygens (including phenoxy) is 1. The summed E-state index contributed by atoms with van der Waals surface area (Å²) in [6.45, 7) is 0. The zero-order chi connectivity index (χ0) is 30.1.